The Morgan fingerprint density at radius 1 is 0.828 bits per heavy atom. The van der Waals surface area contributed by atoms with E-state index in [4.69, 9.17) is 0 Å². The van der Waals surface area contributed by atoms with E-state index in [0.717, 1.165) is 38.8 Å². The van der Waals surface area contributed by atoms with Gasteiger partial charge in [0, 0.05) is 30.9 Å². The zero-order valence-corrected chi connectivity index (χ0v) is 18.3. The third-order valence-electron chi connectivity index (χ3n) is 5.18. The van der Waals surface area contributed by atoms with Gasteiger partial charge in [-0.1, -0.05) is 78.1 Å². The number of nitrogens with zero attached hydrogens (tertiary/aromatic N) is 2. The zero-order chi connectivity index (χ0) is 21.3. The van der Waals surface area contributed by atoms with E-state index in [1.807, 2.05) is 4.90 Å². The molecule has 2 amide bonds. The molecule has 164 valence electrons. The Morgan fingerprint density at radius 2 is 1.28 bits per heavy atom. The van der Waals surface area contributed by atoms with Crippen LogP contribution in [0.3, 0.4) is 0 Å². The average molecular weight is 406 g/mol. The first kappa shape index (κ1) is 24.9. The van der Waals surface area contributed by atoms with Crippen LogP contribution in [0.1, 0.15) is 90.9 Å². The van der Waals surface area contributed by atoms with Crippen molar-refractivity contribution in [1.82, 2.24) is 4.90 Å². The van der Waals surface area contributed by atoms with Crippen LogP contribution in [0.5, 0.6) is 0 Å². The number of benzene rings is 1. The molecule has 0 aliphatic rings. The molecule has 29 heavy (non-hydrogen) atoms. The van der Waals surface area contributed by atoms with Crippen LogP contribution in [-0.2, 0) is 0 Å². The van der Waals surface area contributed by atoms with Crippen LogP contribution in [0.2, 0.25) is 0 Å². The van der Waals surface area contributed by atoms with Crippen molar-refractivity contribution in [3.8, 4) is 0 Å². The molecule has 0 saturated heterocycles. The lowest BCUT2D eigenvalue weighted by Crippen LogP contribution is -2.36. The molecular formula is C23H39N3O3. The van der Waals surface area contributed by atoms with Crippen molar-refractivity contribution in [2.45, 2.75) is 90.9 Å². The quantitative estimate of drug-likeness (QED) is 0.180. The lowest BCUT2D eigenvalue weighted by Gasteiger charge is -2.23. The molecule has 1 N–H and O–H groups in total. The van der Waals surface area contributed by atoms with E-state index >= 15 is 0 Å². The summed E-state index contributed by atoms with van der Waals surface area (Å²) in [4.78, 5) is 25.0. The maximum atomic E-state index is 12.7. The van der Waals surface area contributed by atoms with Gasteiger partial charge in [0.05, 0.1) is 4.92 Å². The molecule has 0 radical (unpaired) electrons. The number of nitro benzene ring substituents is 1. The minimum Gasteiger partial charge on any atom is -0.325 e. The number of hydrogen-bond acceptors (Lipinski definition) is 3. The van der Waals surface area contributed by atoms with Crippen LogP contribution in [0.25, 0.3) is 0 Å². The van der Waals surface area contributed by atoms with Crippen molar-refractivity contribution in [1.29, 1.82) is 0 Å². The number of urea groups is 1. The summed E-state index contributed by atoms with van der Waals surface area (Å²) >= 11 is 0. The Hall–Kier alpha value is -2.11. The first-order valence-corrected chi connectivity index (χ1v) is 11.4. The molecule has 0 aliphatic carbocycles. The van der Waals surface area contributed by atoms with E-state index in [1.165, 1.54) is 63.5 Å². The van der Waals surface area contributed by atoms with E-state index in [1.54, 1.807) is 12.1 Å². The monoisotopic (exact) mass is 405 g/mol. The van der Waals surface area contributed by atoms with Gasteiger partial charge in [-0.2, -0.15) is 0 Å². The van der Waals surface area contributed by atoms with Crippen molar-refractivity contribution >= 4 is 17.4 Å². The van der Waals surface area contributed by atoms with Crippen LogP contribution < -0.4 is 5.32 Å². The third kappa shape index (κ3) is 11.5. The minimum atomic E-state index is -0.436. The summed E-state index contributed by atoms with van der Waals surface area (Å²) in [7, 11) is 0. The molecule has 6 nitrogen and oxygen atoms in total. The second-order valence-electron chi connectivity index (χ2n) is 7.76. The Bertz CT molecular complexity index is 559. The Labute approximate surface area is 176 Å². The number of hydrogen-bond donors (Lipinski definition) is 1. The van der Waals surface area contributed by atoms with E-state index in [9.17, 15) is 14.9 Å². The second-order valence-corrected chi connectivity index (χ2v) is 7.76. The second kappa shape index (κ2) is 15.8. The number of carbonyl (C=O) groups excluding carboxylic acids is 1. The molecular weight excluding hydrogens is 366 g/mol. The van der Waals surface area contributed by atoms with Crippen LogP contribution in [0.15, 0.2) is 24.3 Å². The smallest absolute Gasteiger partial charge is 0.321 e. The molecule has 0 fully saturated rings. The number of carbonyl (C=O) groups is 1. The highest BCUT2D eigenvalue weighted by atomic mass is 16.6. The van der Waals surface area contributed by atoms with Crippen molar-refractivity contribution in [3.05, 3.63) is 34.4 Å². The van der Waals surface area contributed by atoms with Gasteiger partial charge in [-0.05, 0) is 25.0 Å². The first-order valence-electron chi connectivity index (χ1n) is 11.4. The number of unbranched alkanes of at least 4 members (excludes halogenated alkanes) is 10. The summed E-state index contributed by atoms with van der Waals surface area (Å²) in [5.41, 5.74) is 0.621. The van der Waals surface area contributed by atoms with Gasteiger partial charge < -0.3 is 10.2 Å². The molecule has 0 spiro atoms. The molecule has 0 unspecified atom stereocenters. The summed E-state index contributed by atoms with van der Waals surface area (Å²) in [6.45, 7) is 5.95. The molecule has 0 aliphatic heterocycles. The summed E-state index contributed by atoms with van der Waals surface area (Å²) in [6.07, 6.45) is 14.4. The molecule has 1 aromatic rings. The number of nitro groups is 1. The number of rotatable bonds is 16. The van der Waals surface area contributed by atoms with Crippen LogP contribution in [0.4, 0.5) is 16.2 Å². The van der Waals surface area contributed by atoms with Gasteiger partial charge in [-0.15, -0.1) is 0 Å². The standard InChI is InChI=1S/C23H39N3O3/c1-3-5-7-9-11-13-19-25(20-14-12-10-8-6-4-2)23(27)24-21-15-17-22(18-16-21)26(28)29/h15-18H,3-14,19-20H2,1-2H3,(H,24,27). The van der Waals surface area contributed by atoms with Crippen LogP contribution in [0, 0.1) is 10.1 Å². The summed E-state index contributed by atoms with van der Waals surface area (Å²) in [6, 6.07) is 5.90. The normalized spacial score (nSPS) is 10.7. The lowest BCUT2D eigenvalue weighted by atomic mass is 10.1. The van der Waals surface area contributed by atoms with Gasteiger partial charge in [0.1, 0.15) is 0 Å². The van der Waals surface area contributed by atoms with Gasteiger partial charge in [0.15, 0.2) is 0 Å². The van der Waals surface area contributed by atoms with Crippen LogP contribution in [-0.4, -0.2) is 28.9 Å². The van der Waals surface area contributed by atoms with Crippen molar-refractivity contribution in [2.24, 2.45) is 0 Å². The van der Waals surface area contributed by atoms with Gasteiger partial charge in [0.2, 0.25) is 0 Å². The SMILES string of the molecule is CCCCCCCCN(CCCCCCCC)C(=O)Nc1ccc([N+](=O)[O-])cc1. The average Bonchev–Trinajstić information content (AvgIpc) is 2.71. The fourth-order valence-corrected chi connectivity index (χ4v) is 3.35. The summed E-state index contributed by atoms with van der Waals surface area (Å²) < 4.78 is 0. The number of amides is 2. The van der Waals surface area contributed by atoms with Gasteiger partial charge in [0.25, 0.3) is 5.69 Å². The molecule has 0 atom stereocenters. The van der Waals surface area contributed by atoms with Crippen LogP contribution >= 0.6 is 0 Å². The number of nitrogens with one attached hydrogen (secondary N) is 1. The highest BCUT2D eigenvalue weighted by molar-refractivity contribution is 5.89. The van der Waals surface area contributed by atoms with Crippen molar-refractivity contribution < 1.29 is 9.72 Å². The molecule has 0 saturated carbocycles. The predicted molar refractivity (Wildman–Crippen MR) is 120 cm³/mol. The largest absolute Gasteiger partial charge is 0.325 e. The topological polar surface area (TPSA) is 75.5 Å². The number of non-ortho nitro benzene ring substituents is 1. The van der Waals surface area contributed by atoms with E-state index in [0.29, 0.717) is 5.69 Å². The number of anilines is 1. The summed E-state index contributed by atoms with van der Waals surface area (Å²) in [5, 5.41) is 13.7. The summed E-state index contributed by atoms with van der Waals surface area (Å²) in [5.74, 6) is 0. The molecule has 0 bridgehead atoms. The molecule has 6 heteroatoms. The first-order chi connectivity index (χ1) is 14.1. The maximum Gasteiger partial charge on any atom is 0.321 e. The predicted octanol–water partition coefficient (Wildman–Crippen LogP) is 7.15. The van der Waals surface area contributed by atoms with E-state index in [2.05, 4.69) is 19.2 Å². The van der Waals surface area contributed by atoms with E-state index < -0.39 is 4.92 Å². The molecule has 1 aromatic carbocycles. The van der Waals surface area contributed by atoms with E-state index in [-0.39, 0.29) is 11.7 Å². The fourth-order valence-electron chi connectivity index (χ4n) is 3.35. The zero-order valence-electron chi connectivity index (χ0n) is 18.3. The van der Waals surface area contributed by atoms with Crippen molar-refractivity contribution in [3.63, 3.8) is 0 Å². The van der Waals surface area contributed by atoms with Crippen molar-refractivity contribution in [2.75, 3.05) is 18.4 Å². The fraction of sp³-hybridized carbons (Fsp3) is 0.696. The third-order valence-corrected chi connectivity index (χ3v) is 5.18. The Morgan fingerprint density at radius 3 is 1.72 bits per heavy atom. The Kier molecular flexibility index (Phi) is 13.6. The molecule has 0 aromatic heterocycles. The Balaban J connectivity index is 2.50. The highest BCUT2D eigenvalue weighted by Gasteiger charge is 2.14. The maximum absolute atomic E-state index is 12.7. The lowest BCUT2D eigenvalue weighted by molar-refractivity contribution is -0.384. The van der Waals surface area contributed by atoms with Gasteiger partial charge >= 0.3 is 6.03 Å². The minimum absolute atomic E-state index is 0.0269. The van der Waals surface area contributed by atoms with Gasteiger partial charge in [-0.25, -0.2) is 4.79 Å². The molecule has 1 rings (SSSR count). The van der Waals surface area contributed by atoms with Gasteiger partial charge in [-0.3, -0.25) is 10.1 Å². The molecule has 0 heterocycles. The highest BCUT2D eigenvalue weighted by Crippen LogP contribution is 2.16.